The first-order valence-corrected chi connectivity index (χ1v) is 8.39. The standard InChI is InChI=1S/C18H28O5/c1-2-14-15(17(21)12-16(14)20)11-10-13(19)8-6-4-3-5-7-9-18(22)23/h4,6,10-11,13-16,19-20H,2-3,5,7-9,12H2,1H3,(H,22,23)/b6-4-,11-10+/t13-,14-,15+,16-/m1/s1. The Labute approximate surface area is 137 Å². The van der Waals surface area contributed by atoms with Crippen LogP contribution < -0.4 is 0 Å². The van der Waals surface area contributed by atoms with Crippen molar-refractivity contribution >= 4 is 11.8 Å². The number of aliphatic hydroxyl groups excluding tert-OH is 2. The normalized spacial score (nSPS) is 26.4. The molecule has 5 heteroatoms. The number of hydrogen-bond donors (Lipinski definition) is 3. The zero-order valence-electron chi connectivity index (χ0n) is 13.7. The molecule has 3 N–H and O–H groups in total. The highest BCUT2D eigenvalue weighted by atomic mass is 16.4. The first kappa shape index (κ1) is 19.6. The molecule has 0 aliphatic heterocycles. The second kappa shape index (κ2) is 10.3. The average Bonchev–Trinajstić information content (AvgIpc) is 2.76. The number of unbranched alkanes of at least 4 members (excludes halogenated alkanes) is 2. The fourth-order valence-electron chi connectivity index (χ4n) is 2.97. The van der Waals surface area contributed by atoms with Gasteiger partial charge in [-0.15, -0.1) is 0 Å². The molecule has 1 aliphatic rings. The first-order valence-electron chi connectivity index (χ1n) is 8.39. The van der Waals surface area contributed by atoms with Crippen LogP contribution in [0.15, 0.2) is 24.3 Å². The van der Waals surface area contributed by atoms with Gasteiger partial charge in [0.25, 0.3) is 0 Å². The quantitative estimate of drug-likeness (QED) is 0.424. The SMILES string of the molecule is CC[C@H]1[C@H](O)CC(=O)[C@H]1/C=C/[C@H](O)C/C=C\CCCCC(=O)O. The molecule has 0 heterocycles. The van der Waals surface area contributed by atoms with Crippen LogP contribution in [0.4, 0.5) is 0 Å². The lowest BCUT2D eigenvalue weighted by molar-refractivity contribution is -0.137. The third-order valence-electron chi connectivity index (χ3n) is 4.31. The van der Waals surface area contributed by atoms with E-state index in [1.807, 2.05) is 19.1 Å². The highest BCUT2D eigenvalue weighted by molar-refractivity contribution is 5.85. The van der Waals surface area contributed by atoms with Crippen molar-refractivity contribution in [1.82, 2.24) is 0 Å². The van der Waals surface area contributed by atoms with E-state index in [2.05, 4.69) is 0 Å². The molecule has 1 saturated carbocycles. The number of allylic oxidation sites excluding steroid dienone is 2. The van der Waals surface area contributed by atoms with Crippen LogP contribution in [0.3, 0.4) is 0 Å². The Balaban J connectivity index is 2.28. The Morgan fingerprint density at radius 1 is 1.35 bits per heavy atom. The molecule has 0 amide bonds. The lowest BCUT2D eigenvalue weighted by Crippen LogP contribution is -2.18. The second-order valence-electron chi connectivity index (χ2n) is 6.13. The number of aliphatic carboxylic acids is 1. The second-order valence-corrected chi connectivity index (χ2v) is 6.13. The van der Waals surface area contributed by atoms with Crippen LogP contribution in [0, 0.1) is 11.8 Å². The van der Waals surface area contributed by atoms with Crippen molar-refractivity contribution in [3.8, 4) is 0 Å². The number of carbonyl (C=O) groups is 2. The predicted molar refractivity (Wildman–Crippen MR) is 87.9 cm³/mol. The largest absolute Gasteiger partial charge is 0.481 e. The Hall–Kier alpha value is -1.46. The van der Waals surface area contributed by atoms with Crippen molar-refractivity contribution in [2.24, 2.45) is 11.8 Å². The molecule has 0 radical (unpaired) electrons. The van der Waals surface area contributed by atoms with Gasteiger partial charge in [-0.2, -0.15) is 0 Å². The van der Waals surface area contributed by atoms with Gasteiger partial charge in [0.15, 0.2) is 0 Å². The van der Waals surface area contributed by atoms with Crippen LogP contribution in [0.1, 0.15) is 51.9 Å². The Morgan fingerprint density at radius 3 is 2.74 bits per heavy atom. The summed E-state index contributed by atoms with van der Waals surface area (Å²) in [6, 6.07) is 0. The topological polar surface area (TPSA) is 94.8 Å². The molecule has 130 valence electrons. The van der Waals surface area contributed by atoms with E-state index in [1.165, 1.54) is 0 Å². The van der Waals surface area contributed by atoms with E-state index in [9.17, 15) is 19.8 Å². The monoisotopic (exact) mass is 324 g/mol. The Bertz CT molecular complexity index is 441. The van der Waals surface area contributed by atoms with E-state index in [0.29, 0.717) is 12.8 Å². The number of carboxylic acids is 1. The van der Waals surface area contributed by atoms with Gasteiger partial charge in [0.1, 0.15) is 5.78 Å². The summed E-state index contributed by atoms with van der Waals surface area (Å²) in [5.74, 6) is -1.06. The number of aliphatic hydroxyl groups is 2. The van der Waals surface area contributed by atoms with Gasteiger partial charge in [-0.3, -0.25) is 9.59 Å². The van der Waals surface area contributed by atoms with E-state index >= 15 is 0 Å². The van der Waals surface area contributed by atoms with Gasteiger partial charge in [-0.25, -0.2) is 0 Å². The average molecular weight is 324 g/mol. The van der Waals surface area contributed by atoms with Crippen LogP contribution in [0.25, 0.3) is 0 Å². The van der Waals surface area contributed by atoms with Crippen molar-refractivity contribution < 1.29 is 24.9 Å². The fourth-order valence-corrected chi connectivity index (χ4v) is 2.97. The minimum absolute atomic E-state index is 0.0433. The predicted octanol–water partition coefficient (Wildman–Crippen LogP) is 2.47. The number of hydrogen-bond acceptors (Lipinski definition) is 4. The summed E-state index contributed by atoms with van der Waals surface area (Å²) in [4.78, 5) is 22.2. The van der Waals surface area contributed by atoms with Crippen molar-refractivity contribution in [3.63, 3.8) is 0 Å². The molecule has 1 fully saturated rings. The van der Waals surface area contributed by atoms with Gasteiger partial charge in [0, 0.05) is 18.8 Å². The van der Waals surface area contributed by atoms with Crippen LogP contribution >= 0.6 is 0 Å². The van der Waals surface area contributed by atoms with Crippen LogP contribution in [0.2, 0.25) is 0 Å². The molecule has 0 spiro atoms. The maximum Gasteiger partial charge on any atom is 0.303 e. The van der Waals surface area contributed by atoms with Crippen molar-refractivity contribution in [1.29, 1.82) is 0 Å². The molecule has 1 rings (SSSR count). The maximum atomic E-state index is 11.8. The van der Waals surface area contributed by atoms with Gasteiger partial charge < -0.3 is 15.3 Å². The van der Waals surface area contributed by atoms with Crippen LogP contribution in [0.5, 0.6) is 0 Å². The van der Waals surface area contributed by atoms with Gasteiger partial charge in [0.2, 0.25) is 0 Å². The van der Waals surface area contributed by atoms with E-state index in [-0.39, 0.29) is 30.5 Å². The van der Waals surface area contributed by atoms with Crippen LogP contribution in [-0.2, 0) is 9.59 Å². The third-order valence-corrected chi connectivity index (χ3v) is 4.31. The molecule has 0 aromatic heterocycles. The highest BCUT2D eigenvalue weighted by Gasteiger charge is 2.38. The maximum absolute atomic E-state index is 11.8. The van der Waals surface area contributed by atoms with Crippen LogP contribution in [-0.4, -0.2) is 39.3 Å². The molecular weight excluding hydrogens is 296 g/mol. The zero-order chi connectivity index (χ0) is 17.2. The van der Waals surface area contributed by atoms with E-state index in [1.54, 1.807) is 12.2 Å². The summed E-state index contributed by atoms with van der Waals surface area (Å²) in [6.45, 7) is 1.96. The summed E-state index contributed by atoms with van der Waals surface area (Å²) >= 11 is 0. The molecular formula is C18H28O5. The number of ketones is 1. The van der Waals surface area contributed by atoms with E-state index in [0.717, 1.165) is 19.3 Å². The van der Waals surface area contributed by atoms with E-state index in [4.69, 9.17) is 5.11 Å². The molecule has 0 unspecified atom stereocenters. The van der Waals surface area contributed by atoms with Crippen molar-refractivity contribution in [2.45, 2.75) is 64.1 Å². The molecule has 1 aliphatic carbocycles. The summed E-state index contributed by atoms with van der Waals surface area (Å²) in [5, 5.41) is 28.2. The minimum atomic E-state index is -0.772. The van der Waals surface area contributed by atoms with Gasteiger partial charge in [-0.05, 0) is 38.0 Å². The lowest BCUT2D eigenvalue weighted by Gasteiger charge is -2.16. The summed E-state index contributed by atoms with van der Waals surface area (Å²) in [6.07, 6.45) is 9.87. The first-order chi connectivity index (χ1) is 11.0. The molecule has 5 nitrogen and oxygen atoms in total. The third kappa shape index (κ3) is 7.10. The number of rotatable bonds is 10. The molecule has 4 atom stereocenters. The Morgan fingerprint density at radius 2 is 2.09 bits per heavy atom. The highest BCUT2D eigenvalue weighted by Crippen LogP contribution is 2.32. The van der Waals surface area contributed by atoms with E-state index < -0.39 is 18.2 Å². The fraction of sp³-hybridized carbons (Fsp3) is 0.667. The lowest BCUT2D eigenvalue weighted by atomic mass is 9.91. The smallest absolute Gasteiger partial charge is 0.303 e. The summed E-state index contributed by atoms with van der Waals surface area (Å²) in [7, 11) is 0. The Kier molecular flexibility index (Phi) is 8.81. The van der Waals surface area contributed by atoms with Crippen molar-refractivity contribution in [2.75, 3.05) is 0 Å². The minimum Gasteiger partial charge on any atom is -0.481 e. The summed E-state index contributed by atoms with van der Waals surface area (Å²) < 4.78 is 0. The molecule has 23 heavy (non-hydrogen) atoms. The van der Waals surface area contributed by atoms with Gasteiger partial charge in [-0.1, -0.05) is 31.2 Å². The number of carboxylic acid groups (broad SMARTS) is 1. The number of Topliss-reactive ketones (excluding diaryl/α,β-unsaturated/α-hetero) is 1. The van der Waals surface area contributed by atoms with Gasteiger partial charge >= 0.3 is 5.97 Å². The molecule has 0 saturated heterocycles. The number of carbonyl (C=O) groups excluding carboxylic acids is 1. The summed E-state index contributed by atoms with van der Waals surface area (Å²) in [5.41, 5.74) is 0. The molecule has 0 bridgehead atoms. The molecule has 0 aromatic rings. The molecule has 0 aromatic carbocycles. The van der Waals surface area contributed by atoms with Gasteiger partial charge in [0.05, 0.1) is 12.2 Å². The zero-order valence-corrected chi connectivity index (χ0v) is 13.7. The van der Waals surface area contributed by atoms with Crippen molar-refractivity contribution in [3.05, 3.63) is 24.3 Å².